The topological polar surface area (TPSA) is 92.9 Å². The molecule has 2 aliphatic heterocycles. The molecule has 0 spiro atoms. The molecule has 3 N–H and O–H groups in total. The number of sulfonamides is 1. The molecule has 0 aliphatic carbocycles. The van der Waals surface area contributed by atoms with Crippen LogP contribution in [0.2, 0.25) is 5.02 Å². The van der Waals surface area contributed by atoms with E-state index in [1.807, 2.05) is 19.1 Å². The Labute approximate surface area is 182 Å². The van der Waals surface area contributed by atoms with Crippen molar-refractivity contribution in [3.8, 4) is 5.75 Å². The van der Waals surface area contributed by atoms with Gasteiger partial charge in [-0.25, -0.2) is 8.42 Å². The minimum Gasteiger partial charge on any atom is -0.507 e. The van der Waals surface area contributed by atoms with Gasteiger partial charge in [0, 0.05) is 36.6 Å². The molecule has 2 heterocycles. The number of phenols is 1. The van der Waals surface area contributed by atoms with E-state index in [2.05, 4.69) is 0 Å². The second kappa shape index (κ2) is 8.48. The average molecular weight is 451 g/mol. The Kier molecular flexibility index (Phi) is 6.10. The Morgan fingerprint density at radius 3 is 2.47 bits per heavy atom. The number of phenolic OH excluding ortho intramolecular Hbond substituents is 1. The van der Waals surface area contributed by atoms with Gasteiger partial charge in [-0.1, -0.05) is 23.7 Å². The minimum absolute atomic E-state index is 0.0841. The SMILES string of the molecule is Cc1ccc2c(c1O)CC(C1CCN(S(=O)(=O)c3ccc(Cl)cc3)CC1)OC2CN. The summed E-state index contributed by atoms with van der Waals surface area (Å²) >= 11 is 5.88. The van der Waals surface area contributed by atoms with Gasteiger partial charge in [-0.05, 0) is 61.1 Å². The maximum Gasteiger partial charge on any atom is 0.243 e. The van der Waals surface area contributed by atoms with Gasteiger partial charge in [0.2, 0.25) is 10.0 Å². The number of fused-ring (bicyclic) bond motifs is 1. The molecule has 1 saturated heterocycles. The van der Waals surface area contributed by atoms with E-state index >= 15 is 0 Å². The fourth-order valence-electron chi connectivity index (χ4n) is 4.52. The lowest BCUT2D eigenvalue weighted by molar-refractivity contribution is -0.0612. The first-order valence-electron chi connectivity index (χ1n) is 10.2. The summed E-state index contributed by atoms with van der Waals surface area (Å²) in [6.45, 7) is 3.11. The number of aromatic hydroxyl groups is 1. The van der Waals surface area contributed by atoms with Crippen LogP contribution in [0.5, 0.6) is 5.75 Å². The Morgan fingerprint density at radius 2 is 1.83 bits per heavy atom. The molecule has 30 heavy (non-hydrogen) atoms. The van der Waals surface area contributed by atoms with Gasteiger partial charge in [0.1, 0.15) is 5.75 Å². The Morgan fingerprint density at radius 1 is 1.17 bits per heavy atom. The summed E-state index contributed by atoms with van der Waals surface area (Å²) in [4.78, 5) is 0.261. The van der Waals surface area contributed by atoms with Crippen LogP contribution < -0.4 is 5.73 Å². The van der Waals surface area contributed by atoms with E-state index in [-0.39, 0.29) is 23.0 Å². The fraction of sp³-hybridized carbons (Fsp3) is 0.455. The summed E-state index contributed by atoms with van der Waals surface area (Å²) < 4.78 is 33.7. The first kappa shape index (κ1) is 21.6. The number of hydrogen-bond donors (Lipinski definition) is 2. The number of rotatable bonds is 4. The van der Waals surface area contributed by atoms with E-state index in [0.29, 0.717) is 49.7 Å². The van der Waals surface area contributed by atoms with Crippen LogP contribution in [0, 0.1) is 12.8 Å². The van der Waals surface area contributed by atoms with Crippen molar-refractivity contribution >= 4 is 21.6 Å². The van der Waals surface area contributed by atoms with Crippen molar-refractivity contribution < 1.29 is 18.3 Å². The summed E-state index contributed by atoms with van der Waals surface area (Å²) in [5.41, 5.74) is 8.66. The van der Waals surface area contributed by atoms with Crippen molar-refractivity contribution in [1.82, 2.24) is 4.31 Å². The molecule has 162 valence electrons. The summed E-state index contributed by atoms with van der Waals surface area (Å²) in [6, 6.07) is 10.1. The van der Waals surface area contributed by atoms with Crippen molar-refractivity contribution in [1.29, 1.82) is 0 Å². The maximum atomic E-state index is 12.9. The Bertz CT molecular complexity index is 1020. The molecule has 2 atom stereocenters. The van der Waals surface area contributed by atoms with Crippen molar-refractivity contribution in [2.75, 3.05) is 19.6 Å². The zero-order chi connectivity index (χ0) is 21.5. The number of piperidine rings is 1. The second-order valence-corrected chi connectivity index (χ2v) is 10.5. The van der Waals surface area contributed by atoms with Gasteiger partial charge in [-0.2, -0.15) is 4.31 Å². The number of ether oxygens (including phenoxy) is 1. The first-order chi connectivity index (χ1) is 14.3. The first-order valence-corrected chi connectivity index (χ1v) is 12.1. The van der Waals surface area contributed by atoms with Crippen molar-refractivity contribution in [3.63, 3.8) is 0 Å². The molecular formula is C22H27ClN2O4S. The summed E-state index contributed by atoms with van der Waals surface area (Å²) in [6.07, 6.45) is 1.70. The van der Waals surface area contributed by atoms with Crippen molar-refractivity contribution in [2.24, 2.45) is 11.7 Å². The van der Waals surface area contributed by atoms with Gasteiger partial charge in [-0.15, -0.1) is 0 Å². The third-order valence-corrected chi connectivity index (χ3v) is 8.47. The molecular weight excluding hydrogens is 424 g/mol. The molecule has 0 aromatic heterocycles. The lowest BCUT2D eigenvalue weighted by Gasteiger charge is -2.40. The lowest BCUT2D eigenvalue weighted by atomic mass is 9.83. The normalized spacial score (nSPS) is 23.3. The predicted molar refractivity (Wildman–Crippen MR) is 116 cm³/mol. The molecule has 1 fully saturated rings. The molecule has 2 aromatic rings. The van der Waals surface area contributed by atoms with Gasteiger partial charge >= 0.3 is 0 Å². The fourth-order valence-corrected chi connectivity index (χ4v) is 6.12. The Hall–Kier alpha value is -1.64. The molecule has 0 bridgehead atoms. The molecule has 6 nitrogen and oxygen atoms in total. The maximum absolute atomic E-state index is 12.9. The highest BCUT2D eigenvalue weighted by molar-refractivity contribution is 7.89. The van der Waals surface area contributed by atoms with Crippen molar-refractivity contribution in [2.45, 2.75) is 43.3 Å². The summed E-state index contributed by atoms with van der Waals surface area (Å²) in [7, 11) is -3.54. The number of nitrogens with zero attached hydrogens (tertiary/aromatic N) is 1. The van der Waals surface area contributed by atoms with E-state index < -0.39 is 10.0 Å². The molecule has 2 aliphatic rings. The van der Waals surface area contributed by atoms with Gasteiger partial charge in [0.15, 0.2) is 0 Å². The van der Waals surface area contributed by atoms with Crippen LogP contribution in [-0.2, 0) is 21.2 Å². The number of hydrogen-bond acceptors (Lipinski definition) is 5. The van der Waals surface area contributed by atoms with Gasteiger partial charge < -0.3 is 15.6 Å². The van der Waals surface area contributed by atoms with E-state index in [9.17, 15) is 13.5 Å². The van der Waals surface area contributed by atoms with Crippen LogP contribution in [0.3, 0.4) is 0 Å². The highest BCUT2D eigenvalue weighted by Gasteiger charge is 2.37. The smallest absolute Gasteiger partial charge is 0.243 e. The zero-order valence-electron chi connectivity index (χ0n) is 16.9. The number of aryl methyl sites for hydroxylation is 1. The van der Waals surface area contributed by atoms with Crippen LogP contribution in [0.25, 0.3) is 0 Å². The molecule has 0 amide bonds. The molecule has 2 unspecified atom stereocenters. The van der Waals surface area contributed by atoms with Crippen LogP contribution in [0.15, 0.2) is 41.3 Å². The van der Waals surface area contributed by atoms with Crippen LogP contribution in [-0.4, -0.2) is 43.6 Å². The highest BCUT2D eigenvalue weighted by atomic mass is 35.5. The van der Waals surface area contributed by atoms with E-state index in [1.54, 1.807) is 24.3 Å². The average Bonchev–Trinajstić information content (AvgIpc) is 2.76. The van der Waals surface area contributed by atoms with Gasteiger partial charge in [0.25, 0.3) is 0 Å². The van der Waals surface area contributed by atoms with E-state index in [4.69, 9.17) is 22.1 Å². The van der Waals surface area contributed by atoms with Gasteiger partial charge in [0.05, 0.1) is 17.1 Å². The summed E-state index contributed by atoms with van der Waals surface area (Å²) in [5.74, 6) is 0.533. The third-order valence-electron chi connectivity index (χ3n) is 6.30. The molecule has 8 heteroatoms. The number of benzene rings is 2. The molecule has 0 radical (unpaired) electrons. The monoisotopic (exact) mass is 450 g/mol. The minimum atomic E-state index is -3.54. The zero-order valence-corrected chi connectivity index (χ0v) is 18.5. The standard InChI is InChI=1S/C22H27ClN2O4S/c1-14-2-7-18-19(22(14)26)12-20(29-21(18)13-24)15-8-10-25(11-9-15)30(27,28)17-5-3-16(23)4-6-17/h2-7,15,20-21,26H,8-13,24H2,1H3. The van der Waals surface area contributed by atoms with Crippen LogP contribution in [0.1, 0.15) is 35.6 Å². The number of nitrogens with two attached hydrogens (primary N) is 1. The predicted octanol–water partition coefficient (Wildman–Crippen LogP) is 3.40. The summed E-state index contributed by atoms with van der Waals surface area (Å²) in [5, 5.41) is 11.1. The molecule has 0 saturated carbocycles. The van der Waals surface area contributed by atoms with Gasteiger partial charge in [-0.3, -0.25) is 0 Å². The number of halogens is 1. The molecule has 4 rings (SSSR count). The second-order valence-electron chi connectivity index (χ2n) is 8.10. The van der Waals surface area contributed by atoms with Crippen molar-refractivity contribution in [3.05, 3.63) is 58.1 Å². The Balaban J connectivity index is 1.48. The van der Waals surface area contributed by atoms with Crippen LogP contribution in [0.4, 0.5) is 0 Å². The highest BCUT2D eigenvalue weighted by Crippen LogP contribution is 2.40. The van der Waals surface area contributed by atoms with Crippen LogP contribution >= 0.6 is 11.6 Å². The third kappa shape index (κ3) is 3.97. The quantitative estimate of drug-likeness (QED) is 0.744. The molecule has 2 aromatic carbocycles. The largest absolute Gasteiger partial charge is 0.507 e. The van der Waals surface area contributed by atoms with E-state index in [1.165, 1.54) is 4.31 Å². The van der Waals surface area contributed by atoms with E-state index in [0.717, 1.165) is 16.7 Å². The lowest BCUT2D eigenvalue weighted by Crippen LogP contribution is -2.44.